The smallest absolute Gasteiger partial charge is 0.136 e. The Morgan fingerprint density at radius 3 is 2.79 bits per heavy atom. The van der Waals surface area contributed by atoms with Crippen molar-refractivity contribution in [3.8, 4) is 12.3 Å². The van der Waals surface area contributed by atoms with Gasteiger partial charge in [-0.05, 0) is 30.7 Å². The van der Waals surface area contributed by atoms with Crippen LogP contribution < -0.4 is 0 Å². The lowest BCUT2D eigenvalue weighted by atomic mass is 10.3. The fourth-order valence-corrected chi connectivity index (χ4v) is 2.02. The Hall–Kier alpha value is -0.940. The quantitative estimate of drug-likeness (QED) is 0.404. The molecule has 0 saturated carbocycles. The fraction of sp³-hybridized carbons (Fsp3) is 0.333. The molecule has 0 saturated heterocycles. The molecule has 0 fully saturated rings. The molecule has 0 bridgehead atoms. The zero-order chi connectivity index (χ0) is 10.2. The van der Waals surface area contributed by atoms with E-state index in [1.807, 2.05) is 6.07 Å². The highest BCUT2D eigenvalue weighted by Crippen LogP contribution is 2.22. The summed E-state index contributed by atoms with van der Waals surface area (Å²) < 4.78 is 13.1. The van der Waals surface area contributed by atoms with Crippen LogP contribution in [0.3, 0.4) is 0 Å². The Kier molecular flexibility index (Phi) is 5.17. The minimum atomic E-state index is -0.130. The van der Waals surface area contributed by atoms with E-state index in [4.69, 9.17) is 6.42 Å². The van der Waals surface area contributed by atoms with Crippen LogP contribution in [0.4, 0.5) is 4.39 Å². The number of benzene rings is 1. The number of rotatable bonds is 5. The molecule has 0 unspecified atom stereocenters. The predicted octanol–water partition coefficient (Wildman–Crippen LogP) is 3.72. The second-order valence-corrected chi connectivity index (χ2v) is 4.08. The molecule has 74 valence electrons. The fourth-order valence-electron chi connectivity index (χ4n) is 1.07. The minimum absolute atomic E-state index is 0.130. The summed E-state index contributed by atoms with van der Waals surface area (Å²) in [4.78, 5) is 0.730. The highest BCUT2D eigenvalue weighted by Gasteiger charge is 1.99. The lowest BCUT2D eigenvalue weighted by molar-refractivity contribution is 0.602. The highest BCUT2D eigenvalue weighted by molar-refractivity contribution is 7.99. The summed E-state index contributed by atoms with van der Waals surface area (Å²) in [6.07, 6.45) is 8.02. The average Bonchev–Trinajstić information content (AvgIpc) is 2.20. The van der Waals surface area contributed by atoms with Gasteiger partial charge in [0.1, 0.15) is 5.82 Å². The highest BCUT2D eigenvalue weighted by atomic mass is 32.2. The molecule has 2 heteroatoms. The topological polar surface area (TPSA) is 0 Å². The molecule has 0 amide bonds. The van der Waals surface area contributed by atoms with E-state index in [-0.39, 0.29) is 5.82 Å². The molecule has 1 aromatic rings. The maximum atomic E-state index is 13.1. The zero-order valence-electron chi connectivity index (χ0n) is 8.00. The normalized spacial score (nSPS) is 9.71. The van der Waals surface area contributed by atoms with Gasteiger partial charge in [-0.1, -0.05) is 12.1 Å². The van der Waals surface area contributed by atoms with Crippen molar-refractivity contribution in [2.24, 2.45) is 0 Å². The maximum Gasteiger partial charge on any atom is 0.136 e. The largest absolute Gasteiger partial charge is 0.206 e. The number of hydrogen-bond donors (Lipinski definition) is 0. The Morgan fingerprint density at radius 2 is 2.07 bits per heavy atom. The standard InChI is InChI=1S/C12H13FS/c1-2-3-4-7-10-14-12-9-6-5-8-11(12)13/h1,5-6,8-9H,3-4,7,10H2. The van der Waals surface area contributed by atoms with Crippen LogP contribution in [0.1, 0.15) is 19.3 Å². The van der Waals surface area contributed by atoms with Crippen LogP contribution in [0, 0.1) is 18.2 Å². The molecule has 0 spiro atoms. The molecule has 1 aromatic carbocycles. The summed E-state index contributed by atoms with van der Waals surface area (Å²) in [5.41, 5.74) is 0. The van der Waals surface area contributed by atoms with Crippen LogP contribution >= 0.6 is 11.8 Å². The summed E-state index contributed by atoms with van der Waals surface area (Å²) in [6.45, 7) is 0. The van der Waals surface area contributed by atoms with E-state index in [1.54, 1.807) is 23.9 Å². The Balaban J connectivity index is 2.25. The third kappa shape index (κ3) is 3.85. The van der Waals surface area contributed by atoms with E-state index in [0.29, 0.717) is 0 Å². The van der Waals surface area contributed by atoms with Gasteiger partial charge in [0, 0.05) is 11.3 Å². The second kappa shape index (κ2) is 6.50. The van der Waals surface area contributed by atoms with Crippen LogP contribution in [-0.2, 0) is 0 Å². The van der Waals surface area contributed by atoms with Gasteiger partial charge in [0.05, 0.1) is 0 Å². The van der Waals surface area contributed by atoms with Crippen LogP contribution in [0.2, 0.25) is 0 Å². The number of terminal acetylenes is 1. The summed E-state index contributed by atoms with van der Waals surface area (Å²) in [7, 11) is 0. The molecule has 0 N–H and O–H groups in total. The number of thioether (sulfide) groups is 1. The number of unbranched alkanes of at least 4 members (excludes halogenated alkanes) is 2. The van der Waals surface area contributed by atoms with Gasteiger partial charge in [0.25, 0.3) is 0 Å². The van der Waals surface area contributed by atoms with Crippen molar-refractivity contribution in [3.05, 3.63) is 30.1 Å². The molecular weight excluding hydrogens is 195 g/mol. The first-order valence-corrected chi connectivity index (χ1v) is 5.64. The maximum absolute atomic E-state index is 13.1. The van der Waals surface area contributed by atoms with Crippen LogP contribution in [-0.4, -0.2) is 5.75 Å². The molecule has 0 aliphatic heterocycles. The molecule has 0 aromatic heterocycles. The van der Waals surface area contributed by atoms with Crippen molar-refractivity contribution in [2.45, 2.75) is 24.2 Å². The van der Waals surface area contributed by atoms with Crippen LogP contribution in [0.5, 0.6) is 0 Å². The summed E-state index contributed by atoms with van der Waals surface area (Å²) in [5.74, 6) is 3.40. The lowest BCUT2D eigenvalue weighted by Crippen LogP contribution is -1.83. The van der Waals surface area contributed by atoms with Gasteiger partial charge in [-0.3, -0.25) is 0 Å². The first-order chi connectivity index (χ1) is 6.84. The third-order valence-electron chi connectivity index (χ3n) is 1.81. The molecule has 0 aliphatic carbocycles. The van der Waals surface area contributed by atoms with E-state index in [0.717, 1.165) is 29.9 Å². The van der Waals surface area contributed by atoms with Crippen molar-refractivity contribution >= 4 is 11.8 Å². The number of halogens is 1. The van der Waals surface area contributed by atoms with E-state index in [2.05, 4.69) is 5.92 Å². The van der Waals surface area contributed by atoms with Crippen LogP contribution in [0.15, 0.2) is 29.2 Å². The molecule has 0 atom stereocenters. The van der Waals surface area contributed by atoms with Gasteiger partial charge in [0.15, 0.2) is 0 Å². The van der Waals surface area contributed by atoms with E-state index in [1.165, 1.54) is 6.07 Å². The monoisotopic (exact) mass is 208 g/mol. The first-order valence-electron chi connectivity index (χ1n) is 4.65. The SMILES string of the molecule is C#CCCCCSc1ccccc1F. The van der Waals surface area contributed by atoms with Crippen LogP contribution in [0.25, 0.3) is 0 Å². The Bertz CT molecular complexity index is 314. The zero-order valence-corrected chi connectivity index (χ0v) is 8.82. The van der Waals surface area contributed by atoms with Gasteiger partial charge in [-0.2, -0.15) is 0 Å². The van der Waals surface area contributed by atoms with Gasteiger partial charge in [-0.25, -0.2) is 4.39 Å². The first kappa shape index (κ1) is 11.1. The van der Waals surface area contributed by atoms with Crippen molar-refractivity contribution < 1.29 is 4.39 Å². The minimum Gasteiger partial charge on any atom is -0.206 e. The molecule has 14 heavy (non-hydrogen) atoms. The van der Waals surface area contributed by atoms with E-state index < -0.39 is 0 Å². The summed E-state index contributed by atoms with van der Waals surface area (Å²) in [5, 5.41) is 0. The van der Waals surface area contributed by atoms with Gasteiger partial charge in [-0.15, -0.1) is 24.1 Å². The Morgan fingerprint density at radius 1 is 1.29 bits per heavy atom. The van der Waals surface area contributed by atoms with Gasteiger partial charge in [0.2, 0.25) is 0 Å². The van der Waals surface area contributed by atoms with Gasteiger partial charge >= 0.3 is 0 Å². The summed E-state index contributed by atoms with van der Waals surface area (Å²) >= 11 is 1.55. The average molecular weight is 208 g/mol. The predicted molar refractivity (Wildman–Crippen MR) is 59.8 cm³/mol. The van der Waals surface area contributed by atoms with Crippen molar-refractivity contribution in [3.63, 3.8) is 0 Å². The van der Waals surface area contributed by atoms with Crippen molar-refractivity contribution in [2.75, 3.05) is 5.75 Å². The van der Waals surface area contributed by atoms with Crippen molar-refractivity contribution in [1.82, 2.24) is 0 Å². The molecule has 0 nitrogen and oxygen atoms in total. The molecule has 0 aliphatic rings. The Labute approximate surface area is 88.9 Å². The van der Waals surface area contributed by atoms with Crippen molar-refractivity contribution in [1.29, 1.82) is 0 Å². The molecule has 0 radical (unpaired) electrons. The lowest BCUT2D eigenvalue weighted by Gasteiger charge is -2.01. The van der Waals surface area contributed by atoms with E-state index >= 15 is 0 Å². The second-order valence-electron chi connectivity index (χ2n) is 2.94. The third-order valence-corrected chi connectivity index (χ3v) is 2.94. The molecule has 1 rings (SSSR count). The molecular formula is C12H13FS. The summed E-state index contributed by atoms with van der Waals surface area (Å²) in [6, 6.07) is 6.86. The van der Waals surface area contributed by atoms with Gasteiger partial charge < -0.3 is 0 Å². The number of hydrogen-bond acceptors (Lipinski definition) is 1. The molecule has 0 heterocycles. The van der Waals surface area contributed by atoms with E-state index in [9.17, 15) is 4.39 Å².